The van der Waals surface area contributed by atoms with Gasteiger partial charge in [-0.1, -0.05) is 13.3 Å². The second-order valence-corrected chi connectivity index (χ2v) is 5.41. The standard InChI is InChI=1S/C16H24N4/c1-5-6-9-19(4)12-15-8-7-10-20(15)16-17-13(2)11-14(3)18-16/h7-8,10-11H,5-6,9,12H2,1-4H3. The molecule has 0 aliphatic carbocycles. The topological polar surface area (TPSA) is 34.0 Å². The van der Waals surface area contributed by atoms with Crippen LogP contribution >= 0.6 is 0 Å². The smallest absolute Gasteiger partial charge is 0.234 e. The SMILES string of the molecule is CCCCN(C)Cc1cccn1-c1nc(C)cc(C)n1. The van der Waals surface area contributed by atoms with Crippen LogP contribution in [0.25, 0.3) is 5.95 Å². The second kappa shape index (κ2) is 6.66. The summed E-state index contributed by atoms with van der Waals surface area (Å²) in [5.41, 5.74) is 3.24. The maximum absolute atomic E-state index is 4.54. The van der Waals surface area contributed by atoms with Gasteiger partial charge in [0.15, 0.2) is 0 Å². The summed E-state index contributed by atoms with van der Waals surface area (Å²) in [4.78, 5) is 11.4. The first kappa shape index (κ1) is 14.7. The van der Waals surface area contributed by atoms with Crippen LogP contribution in [0.5, 0.6) is 0 Å². The Bertz CT molecular complexity index is 539. The molecule has 2 rings (SSSR count). The molecule has 0 atom stereocenters. The van der Waals surface area contributed by atoms with Gasteiger partial charge >= 0.3 is 0 Å². The van der Waals surface area contributed by atoms with Crippen LogP contribution in [0, 0.1) is 13.8 Å². The van der Waals surface area contributed by atoms with E-state index in [0.717, 1.165) is 30.4 Å². The normalized spacial score (nSPS) is 11.2. The van der Waals surface area contributed by atoms with Crippen molar-refractivity contribution < 1.29 is 0 Å². The van der Waals surface area contributed by atoms with Gasteiger partial charge in [-0.3, -0.25) is 4.57 Å². The average Bonchev–Trinajstić information content (AvgIpc) is 2.83. The molecule has 0 radical (unpaired) electrons. The molecule has 0 fully saturated rings. The van der Waals surface area contributed by atoms with Crippen molar-refractivity contribution in [3.63, 3.8) is 0 Å². The lowest BCUT2D eigenvalue weighted by Gasteiger charge is -2.17. The zero-order valence-corrected chi connectivity index (χ0v) is 12.9. The molecule has 4 heteroatoms. The summed E-state index contributed by atoms with van der Waals surface area (Å²) in [6.07, 6.45) is 4.50. The molecule has 2 aromatic rings. The van der Waals surface area contributed by atoms with Crippen molar-refractivity contribution in [3.05, 3.63) is 41.5 Å². The minimum absolute atomic E-state index is 0.770. The van der Waals surface area contributed by atoms with Gasteiger partial charge in [0, 0.05) is 29.8 Å². The maximum Gasteiger partial charge on any atom is 0.234 e. The van der Waals surface area contributed by atoms with Gasteiger partial charge in [-0.15, -0.1) is 0 Å². The predicted molar refractivity (Wildman–Crippen MR) is 82.1 cm³/mol. The number of unbranched alkanes of at least 4 members (excludes halogenated alkanes) is 1. The van der Waals surface area contributed by atoms with Gasteiger partial charge in [0.05, 0.1) is 0 Å². The number of nitrogens with zero attached hydrogens (tertiary/aromatic N) is 4. The third kappa shape index (κ3) is 3.67. The summed E-state index contributed by atoms with van der Waals surface area (Å²) in [6.45, 7) is 8.28. The number of hydrogen-bond acceptors (Lipinski definition) is 3. The van der Waals surface area contributed by atoms with Crippen LogP contribution < -0.4 is 0 Å². The van der Waals surface area contributed by atoms with E-state index in [9.17, 15) is 0 Å². The Balaban J connectivity index is 2.19. The number of hydrogen-bond donors (Lipinski definition) is 0. The highest BCUT2D eigenvalue weighted by Crippen LogP contribution is 2.12. The van der Waals surface area contributed by atoms with Crippen molar-refractivity contribution >= 4 is 0 Å². The Morgan fingerprint density at radius 2 is 1.90 bits per heavy atom. The van der Waals surface area contributed by atoms with Gasteiger partial charge in [0.25, 0.3) is 0 Å². The molecule has 0 saturated heterocycles. The van der Waals surface area contributed by atoms with Crippen molar-refractivity contribution in [1.82, 2.24) is 19.4 Å². The van der Waals surface area contributed by atoms with Crippen molar-refractivity contribution in [2.75, 3.05) is 13.6 Å². The molecule has 0 amide bonds. The van der Waals surface area contributed by atoms with Crippen LogP contribution in [-0.4, -0.2) is 33.0 Å². The fourth-order valence-electron chi connectivity index (χ4n) is 2.34. The number of rotatable bonds is 6. The highest BCUT2D eigenvalue weighted by Gasteiger charge is 2.09. The molecule has 4 nitrogen and oxygen atoms in total. The van der Waals surface area contributed by atoms with E-state index in [1.54, 1.807) is 0 Å². The minimum Gasteiger partial charge on any atom is -0.301 e. The van der Waals surface area contributed by atoms with E-state index in [2.05, 4.69) is 45.5 Å². The second-order valence-electron chi connectivity index (χ2n) is 5.41. The number of aromatic nitrogens is 3. The molecule has 108 valence electrons. The van der Waals surface area contributed by atoms with Crippen LogP contribution in [-0.2, 0) is 6.54 Å². The average molecular weight is 272 g/mol. The molecule has 0 spiro atoms. The number of aryl methyl sites for hydroxylation is 2. The Kier molecular flexibility index (Phi) is 4.90. The van der Waals surface area contributed by atoms with Gasteiger partial charge in [0.2, 0.25) is 5.95 Å². The summed E-state index contributed by atoms with van der Waals surface area (Å²) in [7, 11) is 2.16. The molecule has 2 aromatic heterocycles. The van der Waals surface area contributed by atoms with Crippen molar-refractivity contribution in [2.24, 2.45) is 0 Å². The van der Waals surface area contributed by atoms with Gasteiger partial charge < -0.3 is 4.90 Å². The molecule has 0 aliphatic rings. The van der Waals surface area contributed by atoms with E-state index in [1.807, 2.05) is 26.1 Å². The minimum atomic E-state index is 0.770. The van der Waals surface area contributed by atoms with Crippen molar-refractivity contribution in [2.45, 2.75) is 40.2 Å². The van der Waals surface area contributed by atoms with Crippen LogP contribution in [0.15, 0.2) is 24.4 Å². The van der Waals surface area contributed by atoms with Crippen molar-refractivity contribution in [3.8, 4) is 5.95 Å². The summed E-state index contributed by atoms with van der Waals surface area (Å²) < 4.78 is 2.09. The summed E-state index contributed by atoms with van der Waals surface area (Å²) in [5, 5.41) is 0. The first-order valence-electron chi connectivity index (χ1n) is 7.27. The summed E-state index contributed by atoms with van der Waals surface area (Å²) in [6, 6.07) is 6.20. The van der Waals surface area contributed by atoms with E-state index in [0.29, 0.717) is 0 Å². The molecule has 20 heavy (non-hydrogen) atoms. The van der Waals surface area contributed by atoms with Gasteiger partial charge in [-0.05, 0) is 52.1 Å². The first-order valence-corrected chi connectivity index (χ1v) is 7.27. The van der Waals surface area contributed by atoms with Crippen LogP contribution in [0.1, 0.15) is 36.8 Å². The largest absolute Gasteiger partial charge is 0.301 e. The summed E-state index contributed by atoms with van der Waals surface area (Å²) in [5.74, 6) is 0.770. The lowest BCUT2D eigenvalue weighted by atomic mass is 10.3. The highest BCUT2D eigenvalue weighted by molar-refractivity contribution is 5.24. The van der Waals surface area contributed by atoms with E-state index in [1.165, 1.54) is 18.5 Å². The van der Waals surface area contributed by atoms with Crippen LogP contribution in [0.4, 0.5) is 0 Å². The van der Waals surface area contributed by atoms with E-state index < -0.39 is 0 Å². The van der Waals surface area contributed by atoms with Crippen LogP contribution in [0.2, 0.25) is 0 Å². The molecule has 0 saturated carbocycles. The Hall–Kier alpha value is -1.68. The first-order chi connectivity index (χ1) is 9.60. The zero-order valence-electron chi connectivity index (χ0n) is 12.9. The molecule has 0 aliphatic heterocycles. The maximum atomic E-state index is 4.54. The molecular formula is C16H24N4. The molecule has 0 aromatic carbocycles. The molecule has 0 unspecified atom stereocenters. The lowest BCUT2D eigenvalue weighted by Crippen LogP contribution is -2.21. The predicted octanol–water partition coefficient (Wildman–Crippen LogP) is 3.12. The van der Waals surface area contributed by atoms with E-state index in [-0.39, 0.29) is 0 Å². The highest BCUT2D eigenvalue weighted by atomic mass is 15.2. The molecule has 0 bridgehead atoms. The fourth-order valence-corrected chi connectivity index (χ4v) is 2.34. The third-order valence-corrected chi connectivity index (χ3v) is 3.34. The van der Waals surface area contributed by atoms with E-state index >= 15 is 0 Å². The quantitative estimate of drug-likeness (QED) is 0.810. The Morgan fingerprint density at radius 1 is 1.20 bits per heavy atom. The fraction of sp³-hybridized carbons (Fsp3) is 0.500. The van der Waals surface area contributed by atoms with Gasteiger partial charge in [0.1, 0.15) is 0 Å². The van der Waals surface area contributed by atoms with Gasteiger partial charge in [-0.25, -0.2) is 9.97 Å². The Morgan fingerprint density at radius 3 is 2.55 bits per heavy atom. The molecular weight excluding hydrogens is 248 g/mol. The Labute approximate surface area is 121 Å². The van der Waals surface area contributed by atoms with Crippen molar-refractivity contribution in [1.29, 1.82) is 0 Å². The lowest BCUT2D eigenvalue weighted by molar-refractivity contribution is 0.315. The third-order valence-electron chi connectivity index (χ3n) is 3.34. The molecule has 0 N–H and O–H groups in total. The van der Waals surface area contributed by atoms with E-state index in [4.69, 9.17) is 0 Å². The molecule has 2 heterocycles. The zero-order chi connectivity index (χ0) is 14.5. The summed E-state index contributed by atoms with van der Waals surface area (Å²) >= 11 is 0. The monoisotopic (exact) mass is 272 g/mol. The van der Waals surface area contributed by atoms with Crippen LogP contribution in [0.3, 0.4) is 0 Å². The van der Waals surface area contributed by atoms with Gasteiger partial charge in [-0.2, -0.15) is 0 Å².